The van der Waals surface area contributed by atoms with Crippen LogP contribution in [0.2, 0.25) is 0 Å². The summed E-state index contributed by atoms with van der Waals surface area (Å²) >= 11 is 0. The standard InChI is InChI=1S/C12H14N2O2/c15-12(16)10-3-1-2-4-11(10)14-6-8-5-9(7-14)13-8/h1-4,8-9,13H,5-7H2,(H,15,16). The molecule has 1 aromatic carbocycles. The average Bonchev–Trinajstić information content (AvgIpc) is 2.28. The third-order valence-electron chi connectivity index (χ3n) is 3.40. The lowest BCUT2D eigenvalue weighted by atomic mass is 9.90. The fourth-order valence-corrected chi connectivity index (χ4v) is 2.64. The van der Waals surface area contributed by atoms with Crippen molar-refractivity contribution in [2.45, 2.75) is 18.5 Å². The van der Waals surface area contributed by atoms with Crippen LogP contribution in [0, 0.1) is 0 Å². The molecule has 0 spiro atoms. The molecule has 3 saturated heterocycles. The van der Waals surface area contributed by atoms with E-state index < -0.39 is 5.97 Å². The third-order valence-corrected chi connectivity index (χ3v) is 3.40. The number of para-hydroxylation sites is 1. The lowest BCUT2D eigenvalue weighted by Gasteiger charge is -2.49. The molecule has 4 rings (SSSR count). The number of carbonyl (C=O) groups is 1. The van der Waals surface area contributed by atoms with Crippen molar-refractivity contribution in [2.24, 2.45) is 0 Å². The molecular formula is C12H14N2O2. The number of anilines is 1. The van der Waals surface area contributed by atoms with Crippen molar-refractivity contribution >= 4 is 11.7 Å². The molecule has 3 aliphatic rings. The molecule has 84 valence electrons. The van der Waals surface area contributed by atoms with Crippen molar-refractivity contribution in [3.63, 3.8) is 0 Å². The lowest BCUT2D eigenvalue weighted by molar-refractivity contribution is 0.0697. The Bertz CT molecular complexity index is 417. The molecule has 0 radical (unpaired) electrons. The molecule has 1 aromatic rings. The molecule has 3 fully saturated rings. The van der Waals surface area contributed by atoms with Gasteiger partial charge in [0.15, 0.2) is 0 Å². The number of piperazine rings is 1. The zero-order chi connectivity index (χ0) is 11.1. The second kappa shape index (κ2) is 3.49. The quantitative estimate of drug-likeness (QED) is 0.775. The van der Waals surface area contributed by atoms with Gasteiger partial charge in [-0.1, -0.05) is 12.1 Å². The van der Waals surface area contributed by atoms with Gasteiger partial charge >= 0.3 is 5.97 Å². The molecule has 0 aromatic heterocycles. The van der Waals surface area contributed by atoms with Crippen LogP contribution in [0.1, 0.15) is 16.8 Å². The van der Waals surface area contributed by atoms with E-state index in [1.54, 1.807) is 12.1 Å². The zero-order valence-electron chi connectivity index (χ0n) is 8.89. The first-order valence-electron chi connectivity index (χ1n) is 5.57. The Morgan fingerprint density at radius 1 is 1.31 bits per heavy atom. The number of rotatable bonds is 2. The Kier molecular flexibility index (Phi) is 2.11. The maximum atomic E-state index is 11.1. The van der Waals surface area contributed by atoms with Gasteiger partial charge in [-0.15, -0.1) is 0 Å². The van der Waals surface area contributed by atoms with Crippen LogP contribution < -0.4 is 10.2 Å². The van der Waals surface area contributed by atoms with E-state index in [-0.39, 0.29) is 0 Å². The fourth-order valence-electron chi connectivity index (χ4n) is 2.64. The van der Waals surface area contributed by atoms with E-state index in [0.29, 0.717) is 17.6 Å². The molecular weight excluding hydrogens is 204 g/mol. The minimum Gasteiger partial charge on any atom is -0.478 e. The predicted octanol–water partition coefficient (Wildman–Crippen LogP) is 0.935. The Hall–Kier alpha value is -1.55. The topological polar surface area (TPSA) is 52.6 Å². The van der Waals surface area contributed by atoms with Gasteiger partial charge < -0.3 is 15.3 Å². The minimum atomic E-state index is -0.845. The van der Waals surface area contributed by atoms with Gasteiger partial charge in [0.1, 0.15) is 0 Å². The SMILES string of the molecule is O=C(O)c1ccccc1N1CC2CC(C1)N2. The van der Waals surface area contributed by atoms with Gasteiger partial charge in [0.2, 0.25) is 0 Å². The van der Waals surface area contributed by atoms with Crippen LogP contribution >= 0.6 is 0 Å². The van der Waals surface area contributed by atoms with Crippen molar-refractivity contribution in [3.05, 3.63) is 29.8 Å². The van der Waals surface area contributed by atoms with E-state index in [2.05, 4.69) is 10.2 Å². The molecule has 2 atom stereocenters. The smallest absolute Gasteiger partial charge is 0.337 e. The summed E-state index contributed by atoms with van der Waals surface area (Å²) in [5.41, 5.74) is 1.26. The van der Waals surface area contributed by atoms with Gasteiger partial charge in [0.05, 0.1) is 11.3 Å². The third kappa shape index (κ3) is 1.46. The summed E-state index contributed by atoms with van der Waals surface area (Å²) in [5, 5.41) is 12.6. The highest BCUT2D eigenvalue weighted by molar-refractivity contribution is 5.94. The van der Waals surface area contributed by atoms with Crippen molar-refractivity contribution in [3.8, 4) is 0 Å². The number of carboxylic acids is 1. The van der Waals surface area contributed by atoms with Gasteiger partial charge in [-0.2, -0.15) is 0 Å². The van der Waals surface area contributed by atoms with Crippen LogP contribution in [0.5, 0.6) is 0 Å². The summed E-state index contributed by atoms with van der Waals surface area (Å²) in [6.07, 6.45) is 1.23. The van der Waals surface area contributed by atoms with Crippen molar-refractivity contribution in [1.82, 2.24) is 5.32 Å². The Labute approximate surface area is 93.9 Å². The van der Waals surface area contributed by atoms with Crippen molar-refractivity contribution < 1.29 is 9.90 Å². The van der Waals surface area contributed by atoms with Crippen LogP contribution in [-0.2, 0) is 0 Å². The molecule has 16 heavy (non-hydrogen) atoms. The van der Waals surface area contributed by atoms with E-state index in [0.717, 1.165) is 18.8 Å². The van der Waals surface area contributed by atoms with E-state index >= 15 is 0 Å². The number of nitrogens with zero attached hydrogens (tertiary/aromatic N) is 1. The molecule has 0 aliphatic carbocycles. The predicted molar refractivity (Wildman–Crippen MR) is 60.9 cm³/mol. The molecule has 4 heteroatoms. The lowest BCUT2D eigenvalue weighted by Crippen LogP contribution is -2.67. The summed E-state index contributed by atoms with van der Waals surface area (Å²) in [5.74, 6) is -0.845. The fraction of sp³-hybridized carbons (Fsp3) is 0.417. The van der Waals surface area contributed by atoms with Crippen molar-refractivity contribution in [2.75, 3.05) is 18.0 Å². The summed E-state index contributed by atoms with van der Waals surface area (Å²) in [6.45, 7) is 1.83. The number of hydrogen-bond acceptors (Lipinski definition) is 3. The van der Waals surface area contributed by atoms with E-state index in [1.165, 1.54) is 6.42 Å². The molecule has 3 heterocycles. The highest BCUT2D eigenvalue weighted by Gasteiger charge is 2.37. The van der Waals surface area contributed by atoms with Crippen LogP contribution in [0.3, 0.4) is 0 Å². The van der Waals surface area contributed by atoms with Crippen LogP contribution in [0.4, 0.5) is 5.69 Å². The zero-order valence-corrected chi connectivity index (χ0v) is 8.89. The van der Waals surface area contributed by atoms with E-state index in [9.17, 15) is 4.79 Å². The minimum absolute atomic E-state index is 0.406. The molecule has 2 unspecified atom stereocenters. The normalized spacial score (nSPS) is 27.4. The average molecular weight is 218 g/mol. The second-order valence-electron chi connectivity index (χ2n) is 4.52. The second-order valence-corrected chi connectivity index (χ2v) is 4.52. The number of piperidine rings is 1. The van der Waals surface area contributed by atoms with Gasteiger partial charge in [0.25, 0.3) is 0 Å². The van der Waals surface area contributed by atoms with E-state index in [1.807, 2.05) is 12.1 Å². The van der Waals surface area contributed by atoms with Gasteiger partial charge in [-0.05, 0) is 18.6 Å². The van der Waals surface area contributed by atoms with Crippen LogP contribution in [-0.4, -0.2) is 36.2 Å². The summed E-state index contributed by atoms with van der Waals surface area (Å²) in [6, 6.07) is 8.33. The van der Waals surface area contributed by atoms with Gasteiger partial charge in [0, 0.05) is 25.2 Å². The first kappa shape index (κ1) is 9.66. The highest BCUT2D eigenvalue weighted by atomic mass is 16.4. The molecule has 4 nitrogen and oxygen atoms in total. The molecule has 2 bridgehead atoms. The van der Waals surface area contributed by atoms with Crippen LogP contribution in [0.25, 0.3) is 0 Å². The number of aromatic carboxylic acids is 1. The number of nitrogens with one attached hydrogen (secondary N) is 1. The van der Waals surface area contributed by atoms with Gasteiger partial charge in [-0.3, -0.25) is 0 Å². The first-order chi connectivity index (χ1) is 7.74. The molecule has 0 amide bonds. The molecule has 0 saturated carbocycles. The first-order valence-corrected chi connectivity index (χ1v) is 5.57. The summed E-state index contributed by atoms with van der Waals surface area (Å²) in [7, 11) is 0. The number of benzene rings is 1. The summed E-state index contributed by atoms with van der Waals surface area (Å²) < 4.78 is 0. The maximum Gasteiger partial charge on any atom is 0.337 e. The van der Waals surface area contributed by atoms with Crippen LogP contribution in [0.15, 0.2) is 24.3 Å². The molecule has 3 aliphatic heterocycles. The maximum absolute atomic E-state index is 11.1. The van der Waals surface area contributed by atoms with Gasteiger partial charge in [-0.25, -0.2) is 4.79 Å². The number of fused-ring (bicyclic) bond motifs is 2. The highest BCUT2D eigenvalue weighted by Crippen LogP contribution is 2.28. The summed E-state index contributed by atoms with van der Waals surface area (Å²) in [4.78, 5) is 13.3. The Morgan fingerprint density at radius 3 is 2.56 bits per heavy atom. The number of hydrogen-bond donors (Lipinski definition) is 2. The van der Waals surface area contributed by atoms with Crippen molar-refractivity contribution in [1.29, 1.82) is 0 Å². The Morgan fingerprint density at radius 2 is 1.94 bits per heavy atom. The largest absolute Gasteiger partial charge is 0.478 e. The monoisotopic (exact) mass is 218 g/mol. The van der Waals surface area contributed by atoms with E-state index in [4.69, 9.17) is 5.11 Å². The number of carboxylic acid groups (broad SMARTS) is 1. The molecule has 2 N–H and O–H groups in total. The Balaban J connectivity index is 1.91.